The van der Waals surface area contributed by atoms with Gasteiger partial charge in [-0.05, 0) is 17.7 Å². The van der Waals surface area contributed by atoms with Gasteiger partial charge >= 0.3 is 0 Å². The lowest BCUT2D eigenvalue weighted by atomic mass is 10.0. The molecule has 1 aromatic carbocycles. The number of rotatable bonds is 2. The maximum Gasteiger partial charge on any atom is 0.255 e. The van der Waals surface area contributed by atoms with Gasteiger partial charge in [0.1, 0.15) is 0 Å². The van der Waals surface area contributed by atoms with E-state index in [-0.39, 0.29) is 11.9 Å². The summed E-state index contributed by atoms with van der Waals surface area (Å²) >= 11 is 6.24. The highest BCUT2D eigenvalue weighted by molar-refractivity contribution is 6.31. The van der Waals surface area contributed by atoms with E-state index in [1.165, 1.54) is 12.4 Å². The molecule has 1 atom stereocenters. The zero-order chi connectivity index (χ0) is 14.7. The molecule has 1 amide bonds. The number of benzene rings is 1. The van der Waals surface area contributed by atoms with Crippen molar-refractivity contribution in [2.45, 2.75) is 6.04 Å². The van der Waals surface area contributed by atoms with Gasteiger partial charge in [-0.25, -0.2) is 0 Å². The number of halogens is 1. The van der Waals surface area contributed by atoms with Crippen molar-refractivity contribution in [2.75, 3.05) is 19.6 Å². The number of carbonyl (C=O) groups excluding carboxylic acids is 1. The average molecular weight is 303 g/mol. The number of nitrogens with one attached hydrogen (secondary N) is 1. The second-order valence-electron chi connectivity index (χ2n) is 4.91. The first-order valence-electron chi connectivity index (χ1n) is 6.79. The molecule has 0 saturated carbocycles. The van der Waals surface area contributed by atoms with Gasteiger partial charge in [0, 0.05) is 24.7 Å². The summed E-state index contributed by atoms with van der Waals surface area (Å²) in [6.45, 7) is 1.99. The number of piperazine rings is 1. The van der Waals surface area contributed by atoms with Crippen molar-refractivity contribution < 1.29 is 4.79 Å². The third kappa shape index (κ3) is 3.04. The average Bonchev–Trinajstić information content (AvgIpc) is 2.55. The Bertz CT molecular complexity index is 635. The monoisotopic (exact) mass is 302 g/mol. The van der Waals surface area contributed by atoms with Gasteiger partial charge in [0.2, 0.25) is 0 Å². The van der Waals surface area contributed by atoms with Gasteiger partial charge in [0.25, 0.3) is 5.91 Å². The molecule has 0 aliphatic carbocycles. The van der Waals surface area contributed by atoms with Crippen LogP contribution in [0.4, 0.5) is 0 Å². The topological polar surface area (TPSA) is 58.1 Å². The van der Waals surface area contributed by atoms with Gasteiger partial charge in [-0.1, -0.05) is 29.8 Å². The molecule has 5 nitrogen and oxygen atoms in total. The van der Waals surface area contributed by atoms with Crippen molar-refractivity contribution in [3.05, 3.63) is 58.9 Å². The first-order chi connectivity index (χ1) is 10.3. The minimum atomic E-state index is -0.0246. The van der Waals surface area contributed by atoms with E-state index in [0.29, 0.717) is 18.7 Å². The molecule has 1 unspecified atom stereocenters. The van der Waals surface area contributed by atoms with Crippen LogP contribution in [0.3, 0.4) is 0 Å². The zero-order valence-electron chi connectivity index (χ0n) is 11.4. The van der Waals surface area contributed by atoms with E-state index in [9.17, 15) is 4.79 Å². The standard InChI is InChI=1S/C15H15ClN4O/c16-13-4-2-1-3-12(13)14-10-20(8-7-17-14)15(21)11-5-6-18-19-9-11/h1-6,9,14,17H,7-8,10H2. The molecule has 2 heterocycles. The van der Waals surface area contributed by atoms with Crippen molar-refractivity contribution in [2.24, 2.45) is 0 Å². The van der Waals surface area contributed by atoms with E-state index in [1.54, 1.807) is 6.07 Å². The summed E-state index contributed by atoms with van der Waals surface area (Å²) in [5.41, 5.74) is 1.58. The molecule has 6 heteroatoms. The molecule has 0 spiro atoms. The normalized spacial score (nSPS) is 18.5. The number of hydrogen-bond donors (Lipinski definition) is 1. The van der Waals surface area contributed by atoms with Gasteiger partial charge in [-0.3, -0.25) is 4.79 Å². The summed E-state index contributed by atoms with van der Waals surface area (Å²) in [5.74, 6) is -0.0246. The predicted molar refractivity (Wildman–Crippen MR) is 80.1 cm³/mol. The van der Waals surface area contributed by atoms with Crippen molar-refractivity contribution in [1.29, 1.82) is 0 Å². The van der Waals surface area contributed by atoms with Crippen molar-refractivity contribution in [1.82, 2.24) is 20.4 Å². The fourth-order valence-corrected chi connectivity index (χ4v) is 2.77. The minimum Gasteiger partial charge on any atom is -0.335 e. The number of amides is 1. The summed E-state index contributed by atoms with van der Waals surface area (Å²) in [6.07, 6.45) is 3.02. The van der Waals surface area contributed by atoms with E-state index in [4.69, 9.17) is 11.6 Å². The molecule has 0 radical (unpaired) electrons. The predicted octanol–water partition coefficient (Wildman–Crippen LogP) is 1.92. The lowest BCUT2D eigenvalue weighted by molar-refractivity contribution is 0.0702. The Morgan fingerprint density at radius 2 is 2.14 bits per heavy atom. The number of nitrogens with zero attached hydrogens (tertiary/aromatic N) is 3. The van der Waals surface area contributed by atoms with Gasteiger partial charge < -0.3 is 10.2 Å². The number of carbonyl (C=O) groups is 1. The van der Waals surface area contributed by atoms with Crippen LogP contribution in [0.25, 0.3) is 0 Å². The Labute approximate surface area is 127 Å². The Kier molecular flexibility index (Phi) is 4.13. The molecule has 1 fully saturated rings. The first kappa shape index (κ1) is 14.0. The van der Waals surface area contributed by atoms with E-state index in [1.807, 2.05) is 29.2 Å². The van der Waals surface area contributed by atoms with Crippen LogP contribution < -0.4 is 5.32 Å². The number of aromatic nitrogens is 2. The van der Waals surface area contributed by atoms with E-state index in [2.05, 4.69) is 15.5 Å². The van der Waals surface area contributed by atoms with Crippen LogP contribution in [0.2, 0.25) is 5.02 Å². The van der Waals surface area contributed by atoms with E-state index < -0.39 is 0 Å². The van der Waals surface area contributed by atoms with Crippen molar-refractivity contribution in [3.8, 4) is 0 Å². The lowest BCUT2D eigenvalue weighted by Crippen LogP contribution is -2.48. The molecule has 1 N–H and O–H groups in total. The Balaban J connectivity index is 1.77. The van der Waals surface area contributed by atoms with Crippen LogP contribution in [0.1, 0.15) is 22.0 Å². The highest BCUT2D eigenvalue weighted by Gasteiger charge is 2.26. The maximum atomic E-state index is 12.5. The summed E-state index contributed by atoms with van der Waals surface area (Å²) in [4.78, 5) is 14.3. The fourth-order valence-electron chi connectivity index (χ4n) is 2.50. The quantitative estimate of drug-likeness (QED) is 0.921. The highest BCUT2D eigenvalue weighted by atomic mass is 35.5. The van der Waals surface area contributed by atoms with Crippen LogP contribution in [0.5, 0.6) is 0 Å². The Morgan fingerprint density at radius 1 is 1.29 bits per heavy atom. The minimum absolute atomic E-state index is 0.0246. The van der Waals surface area contributed by atoms with Crippen LogP contribution in [-0.2, 0) is 0 Å². The highest BCUT2D eigenvalue weighted by Crippen LogP contribution is 2.25. The molecular weight excluding hydrogens is 288 g/mol. The van der Waals surface area contributed by atoms with Gasteiger partial charge in [0.05, 0.1) is 24.0 Å². The molecule has 1 aliphatic heterocycles. The van der Waals surface area contributed by atoms with Gasteiger partial charge in [-0.2, -0.15) is 10.2 Å². The second kappa shape index (κ2) is 6.20. The Morgan fingerprint density at radius 3 is 2.90 bits per heavy atom. The molecule has 3 rings (SSSR count). The fraction of sp³-hybridized carbons (Fsp3) is 0.267. The van der Waals surface area contributed by atoms with Crippen molar-refractivity contribution >= 4 is 17.5 Å². The molecule has 1 aromatic heterocycles. The zero-order valence-corrected chi connectivity index (χ0v) is 12.1. The van der Waals surface area contributed by atoms with E-state index >= 15 is 0 Å². The summed E-state index contributed by atoms with van der Waals surface area (Å²) in [7, 11) is 0. The Hall–Kier alpha value is -1.98. The molecule has 1 aliphatic rings. The summed E-state index contributed by atoms with van der Waals surface area (Å²) < 4.78 is 0. The lowest BCUT2D eigenvalue weighted by Gasteiger charge is -2.34. The summed E-state index contributed by atoms with van der Waals surface area (Å²) in [5, 5.41) is 11.6. The van der Waals surface area contributed by atoms with Crippen molar-refractivity contribution in [3.63, 3.8) is 0 Å². The second-order valence-corrected chi connectivity index (χ2v) is 5.32. The molecule has 108 valence electrons. The van der Waals surface area contributed by atoms with Crippen LogP contribution >= 0.6 is 11.6 Å². The maximum absolute atomic E-state index is 12.5. The largest absolute Gasteiger partial charge is 0.335 e. The molecule has 1 saturated heterocycles. The summed E-state index contributed by atoms with van der Waals surface area (Å²) in [6, 6.07) is 9.44. The van der Waals surface area contributed by atoms with Crippen LogP contribution in [0.15, 0.2) is 42.7 Å². The van der Waals surface area contributed by atoms with Crippen LogP contribution in [-0.4, -0.2) is 40.6 Å². The molecular formula is C15H15ClN4O. The SMILES string of the molecule is O=C(c1ccnnc1)N1CCNC(c2ccccc2Cl)C1. The molecule has 2 aromatic rings. The van der Waals surface area contributed by atoms with Gasteiger partial charge in [0.15, 0.2) is 0 Å². The molecule has 0 bridgehead atoms. The van der Waals surface area contributed by atoms with Gasteiger partial charge in [-0.15, -0.1) is 0 Å². The van der Waals surface area contributed by atoms with Crippen LogP contribution in [0, 0.1) is 0 Å². The third-order valence-electron chi connectivity index (χ3n) is 3.57. The smallest absolute Gasteiger partial charge is 0.255 e. The first-order valence-corrected chi connectivity index (χ1v) is 7.17. The van der Waals surface area contributed by atoms with E-state index in [0.717, 1.165) is 17.1 Å². The number of hydrogen-bond acceptors (Lipinski definition) is 4. The molecule has 21 heavy (non-hydrogen) atoms. The third-order valence-corrected chi connectivity index (χ3v) is 3.92.